The van der Waals surface area contributed by atoms with E-state index in [2.05, 4.69) is 10.3 Å². The van der Waals surface area contributed by atoms with Crippen LogP contribution in [0.15, 0.2) is 6.07 Å². The van der Waals surface area contributed by atoms with Crippen molar-refractivity contribution < 1.29 is 23.5 Å². The number of carbonyl (C=O) groups excluding carboxylic acids is 1. The number of hydrogen-bond donors (Lipinski definition) is 2. The van der Waals surface area contributed by atoms with Crippen LogP contribution in [0.1, 0.15) is 54.5 Å². The Balaban J connectivity index is 3.16. The molecule has 0 aliphatic heterocycles. The number of aromatic carboxylic acids is 1. The number of nitrogens with zero attached hydrogens (tertiary/aromatic N) is 1. The molecule has 0 spiro atoms. The van der Waals surface area contributed by atoms with Crippen molar-refractivity contribution in [2.24, 2.45) is 5.92 Å². The molecule has 1 rings (SSSR count). The van der Waals surface area contributed by atoms with Crippen LogP contribution in [0.2, 0.25) is 0 Å². The van der Waals surface area contributed by atoms with Gasteiger partial charge in [0.05, 0.1) is 5.56 Å². The summed E-state index contributed by atoms with van der Waals surface area (Å²) in [6, 6.07) is 1.16. The van der Waals surface area contributed by atoms with E-state index in [0.29, 0.717) is 17.7 Å². The summed E-state index contributed by atoms with van der Waals surface area (Å²) >= 11 is 0. The fourth-order valence-electron chi connectivity index (χ4n) is 1.79. The van der Waals surface area contributed by atoms with Gasteiger partial charge in [0, 0.05) is 18.2 Å². The molecule has 0 aromatic carbocycles. The Labute approximate surface area is 121 Å². The van der Waals surface area contributed by atoms with E-state index < -0.39 is 23.7 Å². The molecule has 1 heterocycles. The van der Waals surface area contributed by atoms with E-state index in [-0.39, 0.29) is 18.4 Å². The molecule has 5 nitrogen and oxygen atoms in total. The maximum Gasteiger partial charge on any atom is 0.337 e. The predicted octanol–water partition coefficient (Wildman–Crippen LogP) is 2.55. The van der Waals surface area contributed by atoms with Gasteiger partial charge in [0.25, 0.3) is 6.43 Å². The minimum absolute atomic E-state index is 0.0665. The van der Waals surface area contributed by atoms with E-state index in [1.54, 1.807) is 20.8 Å². The van der Waals surface area contributed by atoms with Gasteiger partial charge in [-0.15, -0.1) is 0 Å². The maximum absolute atomic E-state index is 12.9. The molecule has 21 heavy (non-hydrogen) atoms. The highest BCUT2D eigenvalue weighted by molar-refractivity contribution is 5.89. The van der Waals surface area contributed by atoms with Crippen molar-refractivity contribution in [2.45, 2.75) is 40.2 Å². The van der Waals surface area contributed by atoms with E-state index in [9.17, 15) is 18.4 Å². The highest BCUT2D eigenvalue weighted by atomic mass is 19.3. The molecule has 116 valence electrons. The van der Waals surface area contributed by atoms with Crippen molar-refractivity contribution in [3.63, 3.8) is 0 Å². The molecular weight excluding hydrogens is 282 g/mol. The Morgan fingerprint density at radius 3 is 2.43 bits per heavy atom. The van der Waals surface area contributed by atoms with Crippen LogP contribution < -0.4 is 5.32 Å². The normalized spacial score (nSPS) is 11.0. The molecule has 0 bridgehead atoms. The summed E-state index contributed by atoms with van der Waals surface area (Å²) in [5.74, 6) is -1.88. The highest BCUT2D eigenvalue weighted by Crippen LogP contribution is 2.24. The number of halogens is 2. The summed E-state index contributed by atoms with van der Waals surface area (Å²) in [7, 11) is 0. The van der Waals surface area contributed by atoms with Gasteiger partial charge in [0.2, 0.25) is 5.91 Å². The number of hydrogen-bond acceptors (Lipinski definition) is 3. The molecule has 2 N–H and O–H groups in total. The number of aryl methyl sites for hydroxylation is 1. The number of pyridine rings is 1. The molecule has 0 atom stereocenters. The van der Waals surface area contributed by atoms with Gasteiger partial charge in [-0.1, -0.05) is 20.8 Å². The largest absolute Gasteiger partial charge is 0.478 e. The minimum Gasteiger partial charge on any atom is -0.478 e. The number of alkyl halides is 2. The second-order valence-corrected chi connectivity index (χ2v) is 4.86. The third kappa shape index (κ3) is 4.21. The van der Waals surface area contributed by atoms with E-state index in [1.165, 1.54) is 0 Å². The van der Waals surface area contributed by atoms with Crippen LogP contribution in [0.4, 0.5) is 8.78 Å². The summed E-state index contributed by atoms with van der Waals surface area (Å²) in [5.41, 5.74) is -0.470. The molecule has 0 radical (unpaired) electrons. The lowest BCUT2D eigenvalue weighted by Gasteiger charge is -2.14. The lowest BCUT2D eigenvalue weighted by atomic mass is 10.1. The molecular formula is C14H18F2N2O3. The van der Waals surface area contributed by atoms with Gasteiger partial charge in [-0.25, -0.2) is 13.6 Å². The first-order valence-electron chi connectivity index (χ1n) is 6.59. The first-order valence-corrected chi connectivity index (χ1v) is 6.59. The third-order valence-electron chi connectivity index (χ3n) is 2.97. The molecule has 0 saturated heterocycles. The van der Waals surface area contributed by atoms with Gasteiger partial charge in [0.1, 0.15) is 5.69 Å². The van der Waals surface area contributed by atoms with Crippen LogP contribution in [-0.2, 0) is 17.8 Å². The second kappa shape index (κ2) is 7.10. The third-order valence-corrected chi connectivity index (χ3v) is 2.97. The van der Waals surface area contributed by atoms with Gasteiger partial charge in [-0.05, 0) is 18.1 Å². The standard InChI is InChI=1S/C14H18F2N2O3/c1-4-10-8(6-17-13(19)7(2)3)5-9(14(20)21)11(18-10)12(15)16/h5,7,12H,4,6H2,1-3H3,(H,17,19)(H,20,21). The maximum atomic E-state index is 12.9. The zero-order chi connectivity index (χ0) is 16.2. The van der Waals surface area contributed by atoms with E-state index in [1.807, 2.05) is 0 Å². The molecule has 0 aliphatic carbocycles. The van der Waals surface area contributed by atoms with Crippen molar-refractivity contribution >= 4 is 11.9 Å². The molecule has 0 saturated carbocycles. The summed E-state index contributed by atoms with van der Waals surface area (Å²) < 4.78 is 25.7. The number of carbonyl (C=O) groups is 2. The number of carboxylic acids is 1. The number of nitrogens with one attached hydrogen (secondary N) is 1. The number of aromatic nitrogens is 1. The molecule has 1 aromatic rings. The Morgan fingerprint density at radius 2 is 2.00 bits per heavy atom. The molecule has 0 aliphatic rings. The van der Waals surface area contributed by atoms with Crippen LogP contribution in [-0.4, -0.2) is 22.0 Å². The number of amides is 1. The van der Waals surface area contributed by atoms with Crippen molar-refractivity contribution in [3.8, 4) is 0 Å². The van der Waals surface area contributed by atoms with Crippen LogP contribution in [0.5, 0.6) is 0 Å². The Kier molecular flexibility index (Phi) is 5.75. The number of carboxylic acid groups (broad SMARTS) is 1. The molecule has 0 unspecified atom stereocenters. The average molecular weight is 300 g/mol. The van der Waals surface area contributed by atoms with Gasteiger partial charge in [0.15, 0.2) is 0 Å². The molecule has 0 fully saturated rings. The van der Waals surface area contributed by atoms with E-state index >= 15 is 0 Å². The minimum atomic E-state index is -2.96. The summed E-state index contributed by atoms with van der Waals surface area (Å²) in [6.07, 6.45) is -2.59. The van der Waals surface area contributed by atoms with Crippen molar-refractivity contribution in [1.29, 1.82) is 0 Å². The van der Waals surface area contributed by atoms with Gasteiger partial charge in [-0.2, -0.15) is 0 Å². The van der Waals surface area contributed by atoms with Crippen LogP contribution in [0.3, 0.4) is 0 Å². The van der Waals surface area contributed by atoms with Crippen molar-refractivity contribution in [3.05, 3.63) is 28.6 Å². The fraction of sp³-hybridized carbons (Fsp3) is 0.500. The topological polar surface area (TPSA) is 79.3 Å². The first kappa shape index (κ1) is 17.0. The average Bonchev–Trinajstić information content (AvgIpc) is 2.43. The number of rotatable bonds is 6. The second-order valence-electron chi connectivity index (χ2n) is 4.86. The lowest BCUT2D eigenvalue weighted by Crippen LogP contribution is -2.28. The van der Waals surface area contributed by atoms with Crippen LogP contribution >= 0.6 is 0 Å². The van der Waals surface area contributed by atoms with E-state index in [0.717, 1.165) is 6.07 Å². The smallest absolute Gasteiger partial charge is 0.337 e. The Hall–Kier alpha value is -2.05. The Bertz CT molecular complexity index is 545. The van der Waals surface area contributed by atoms with E-state index in [4.69, 9.17) is 5.11 Å². The van der Waals surface area contributed by atoms with Crippen molar-refractivity contribution in [1.82, 2.24) is 10.3 Å². The van der Waals surface area contributed by atoms with Crippen molar-refractivity contribution in [2.75, 3.05) is 0 Å². The first-order chi connectivity index (χ1) is 9.77. The summed E-state index contributed by atoms with van der Waals surface area (Å²) in [6.45, 7) is 5.23. The van der Waals surface area contributed by atoms with Crippen LogP contribution in [0.25, 0.3) is 0 Å². The SMILES string of the molecule is CCc1nc(C(F)F)c(C(=O)O)cc1CNC(=O)C(C)C. The zero-order valence-corrected chi connectivity index (χ0v) is 12.1. The Morgan fingerprint density at radius 1 is 1.38 bits per heavy atom. The highest BCUT2D eigenvalue weighted by Gasteiger charge is 2.22. The zero-order valence-electron chi connectivity index (χ0n) is 12.1. The van der Waals surface area contributed by atoms with Gasteiger partial charge >= 0.3 is 5.97 Å². The molecule has 1 aromatic heterocycles. The van der Waals surface area contributed by atoms with Gasteiger partial charge < -0.3 is 10.4 Å². The lowest BCUT2D eigenvalue weighted by molar-refractivity contribution is -0.124. The summed E-state index contributed by atoms with van der Waals surface area (Å²) in [4.78, 5) is 26.4. The van der Waals surface area contributed by atoms with Crippen LogP contribution in [0, 0.1) is 5.92 Å². The monoisotopic (exact) mass is 300 g/mol. The fourth-order valence-corrected chi connectivity index (χ4v) is 1.79. The molecule has 7 heteroatoms. The summed E-state index contributed by atoms with van der Waals surface area (Å²) in [5, 5.41) is 11.6. The quantitative estimate of drug-likeness (QED) is 0.846. The molecule has 1 amide bonds. The predicted molar refractivity (Wildman–Crippen MR) is 72.2 cm³/mol. The van der Waals surface area contributed by atoms with Gasteiger partial charge in [-0.3, -0.25) is 9.78 Å².